The molecular formula is C3H7Cl2I. The number of hydrogen-bond donors (Lipinski definition) is 0. The maximum absolute atomic E-state index is 5.50. The summed E-state index contributed by atoms with van der Waals surface area (Å²) in [5, 5.41) is 0. The first-order chi connectivity index (χ1) is 2.77. The molecule has 0 aromatic rings. The molecule has 0 amide bonds. The fraction of sp³-hybridized carbons (Fsp3) is 1.00. The van der Waals surface area contributed by atoms with Crippen molar-refractivity contribution in [3.05, 3.63) is 0 Å². The Kier molecular flexibility index (Phi) is 5.44. The van der Waals surface area contributed by atoms with E-state index < -0.39 is 17.6 Å². The molecule has 6 heavy (non-hydrogen) atoms. The minimum absolute atomic E-state index is 1.06. The second kappa shape index (κ2) is 4.47. The van der Waals surface area contributed by atoms with Gasteiger partial charge in [-0.1, -0.05) is 0 Å². The predicted molar refractivity (Wildman–Crippen MR) is 40.9 cm³/mol. The molecule has 0 radical (unpaired) electrons. The third-order valence-corrected chi connectivity index (χ3v) is 4.14. The van der Waals surface area contributed by atoms with E-state index in [0.717, 1.165) is 10.8 Å². The van der Waals surface area contributed by atoms with Gasteiger partial charge in [0.25, 0.3) is 0 Å². The molecule has 0 unspecified atom stereocenters. The van der Waals surface area contributed by atoms with Gasteiger partial charge in [0.1, 0.15) is 0 Å². The van der Waals surface area contributed by atoms with E-state index in [1.54, 1.807) is 0 Å². The molecule has 0 aromatic heterocycles. The van der Waals surface area contributed by atoms with E-state index >= 15 is 0 Å². The van der Waals surface area contributed by atoms with Gasteiger partial charge in [0.15, 0.2) is 0 Å². The first-order valence-electron chi connectivity index (χ1n) is 1.76. The minimum atomic E-state index is -1.36. The summed E-state index contributed by atoms with van der Waals surface area (Å²) in [4.78, 5) is 0. The first kappa shape index (κ1) is 7.31. The number of hydrogen-bond acceptors (Lipinski definition) is 0. The first-order valence-corrected chi connectivity index (χ1v) is 8.75. The van der Waals surface area contributed by atoms with Crippen molar-refractivity contribution < 1.29 is 0 Å². The van der Waals surface area contributed by atoms with Crippen molar-refractivity contribution in [2.24, 2.45) is 0 Å². The van der Waals surface area contributed by atoms with Crippen LogP contribution in [0.25, 0.3) is 0 Å². The summed E-state index contributed by atoms with van der Waals surface area (Å²) in [7, 11) is 11.0. The molecule has 0 aliphatic heterocycles. The van der Waals surface area contributed by atoms with E-state index in [1.165, 1.54) is 0 Å². The molecule has 3 heteroatoms. The van der Waals surface area contributed by atoms with Crippen LogP contribution in [0, 0.1) is 0 Å². The molecule has 0 heterocycles. The van der Waals surface area contributed by atoms with E-state index in [0.29, 0.717) is 0 Å². The summed E-state index contributed by atoms with van der Waals surface area (Å²) >= 11 is -1.36. The quantitative estimate of drug-likeness (QED) is 0.514. The Labute approximate surface area is 53.0 Å². The molecule has 0 aromatic carbocycles. The summed E-state index contributed by atoms with van der Waals surface area (Å²) in [5.41, 5.74) is 0. The van der Waals surface area contributed by atoms with Gasteiger partial charge in [-0.3, -0.25) is 0 Å². The summed E-state index contributed by atoms with van der Waals surface area (Å²) in [6.07, 6.45) is 1.14. The molecule has 40 valence electrons. The van der Waals surface area contributed by atoms with Crippen LogP contribution in [0.5, 0.6) is 0 Å². The van der Waals surface area contributed by atoms with Crippen LogP contribution in [0.2, 0.25) is 0 Å². The zero-order valence-corrected chi connectivity index (χ0v) is 7.22. The zero-order valence-electron chi connectivity index (χ0n) is 3.55. The summed E-state index contributed by atoms with van der Waals surface area (Å²) in [6.45, 7) is 2.09. The van der Waals surface area contributed by atoms with Gasteiger partial charge < -0.3 is 0 Å². The van der Waals surface area contributed by atoms with Crippen LogP contribution in [0.4, 0.5) is 0 Å². The van der Waals surface area contributed by atoms with Gasteiger partial charge in [-0.05, 0) is 0 Å². The summed E-state index contributed by atoms with van der Waals surface area (Å²) < 4.78 is 1.06. The van der Waals surface area contributed by atoms with Gasteiger partial charge >= 0.3 is 53.2 Å². The van der Waals surface area contributed by atoms with Crippen molar-refractivity contribution in [3.8, 4) is 0 Å². The Balaban J connectivity index is 2.63. The van der Waals surface area contributed by atoms with Crippen molar-refractivity contribution in [2.45, 2.75) is 13.3 Å². The van der Waals surface area contributed by atoms with Gasteiger partial charge in [-0.2, -0.15) is 0 Å². The fourth-order valence-electron chi connectivity index (χ4n) is 0.143. The Hall–Kier alpha value is 1.31. The Morgan fingerprint density at radius 1 is 1.50 bits per heavy atom. The van der Waals surface area contributed by atoms with Crippen LogP contribution in [0.1, 0.15) is 13.3 Å². The topological polar surface area (TPSA) is 0 Å². The predicted octanol–water partition coefficient (Wildman–Crippen LogP) is 3.21. The van der Waals surface area contributed by atoms with Crippen LogP contribution in [-0.2, 0) is 0 Å². The van der Waals surface area contributed by atoms with Gasteiger partial charge in [0.05, 0.1) is 0 Å². The molecule has 0 bridgehead atoms. The third-order valence-electron chi connectivity index (χ3n) is 0.332. The van der Waals surface area contributed by atoms with Gasteiger partial charge in [0.2, 0.25) is 0 Å². The van der Waals surface area contributed by atoms with Crippen LogP contribution >= 0.6 is 35.4 Å². The molecule has 0 N–H and O–H groups in total. The SMILES string of the molecule is CCCI(Cl)Cl. The molecule has 0 aliphatic rings. The molecule has 0 saturated carbocycles. The van der Waals surface area contributed by atoms with Gasteiger partial charge in [-0.15, -0.1) is 0 Å². The van der Waals surface area contributed by atoms with Crippen molar-refractivity contribution in [1.29, 1.82) is 0 Å². The van der Waals surface area contributed by atoms with Gasteiger partial charge in [-0.25, -0.2) is 0 Å². The Morgan fingerprint density at radius 3 is 2.00 bits per heavy atom. The van der Waals surface area contributed by atoms with Crippen LogP contribution in [-0.4, -0.2) is 4.43 Å². The molecular weight excluding hydrogens is 234 g/mol. The number of alkyl halides is 1. The van der Waals surface area contributed by atoms with Crippen LogP contribution < -0.4 is 0 Å². The molecule has 0 spiro atoms. The van der Waals surface area contributed by atoms with E-state index in [4.69, 9.17) is 17.8 Å². The fourth-order valence-corrected chi connectivity index (χ4v) is 2.87. The average Bonchev–Trinajstić information content (AvgIpc) is 1.35. The molecule has 0 saturated heterocycles. The van der Waals surface area contributed by atoms with E-state index in [9.17, 15) is 0 Å². The maximum atomic E-state index is 5.50. The van der Waals surface area contributed by atoms with Crippen molar-refractivity contribution in [3.63, 3.8) is 0 Å². The monoisotopic (exact) mass is 240 g/mol. The second-order valence-corrected chi connectivity index (χ2v) is 9.09. The normalized spacial score (nSPS) is 11.5. The van der Waals surface area contributed by atoms with Crippen LogP contribution in [0.15, 0.2) is 0 Å². The Bertz CT molecular complexity index is 30.0. The number of rotatable bonds is 2. The molecule has 0 nitrogen and oxygen atoms in total. The standard InChI is InChI=1S/C3H7Cl2I/c1-2-3-6(4)5/h2-3H2,1H3. The van der Waals surface area contributed by atoms with E-state index in [2.05, 4.69) is 6.92 Å². The summed E-state index contributed by atoms with van der Waals surface area (Å²) in [6, 6.07) is 0. The van der Waals surface area contributed by atoms with Crippen molar-refractivity contribution in [1.82, 2.24) is 0 Å². The summed E-state index contributed by atoms with van der Waals surface area (Å²) in [5.74, 6) is 0. The van der Waals surface area contributed by atoms with Gasteiger partial charge in [0, 0.05) is 0 Å². The number of halogens is 3. The zero-order chi connectivity index (χ0) is 4.99. The molecule has 0 fully saturated rings. The van der Waals surface area contributed by atoms with E-state index in [1.807, 2.05) is 0 Å². The second-order valence-electron chi connectivity index (χ2n) is 0.945. The molecule has 0 atom stereocenters. The van der Waals surface area contributed by atoms with Crippen molar-refractivity contribution >= 4 is 35.4 Å². The molecule has 0 rings (SSSR count). The van der Waals surface area contributed by atoms with Crippen LogP contribution in [0.3, 0.4) is 0 Å². The third kappa shape index (κ3) is 5.31. The molecule has 0 aliphatic carbocycles. The van der Waals surface area contributed by atoms with E-state index in [-0.39, 0.29) is 0 Å². The Morgan fingerprint density at radius 2 is 2.00 bits per heavy atom. The average molecular weight is 241 g/mol. The van der Waals surface area contributed by atoms with Crippen molar-refractivity contribution in [2.75, 3.05) is 4.43 Å².